The fourth-order valence-electron chi connectivity index (χ4n) is 2.44. The van der Waals surface area contributed by atoms with Crippen molar-refractivity contribution in [1.29, 1.82) is 0 Å². The first-order valence-corrected chi connectivity index (χ1v) is 5.82. The molecule has 0 spiro atoms. The van der Waals surface area contributed by atoms with E-state index >= 15 is 0 Å². The number of aromatic nitrogens is 1. The minimum absolute atomic E-state index is 0.0966. The Morgan fingerprint density at radius 1 is 1.29 bits per heavy atom. The number of anilines is 1. The second-order valence-corrected chi connectivity index (χ2v) is 5.76. The van der Waals surface area contributed by atoms with Crippen molar-refractivity contribution in [2.45, 2.75) is 45.5 Å². The molecule has 0 saturated carbocycles. The fraction of sp³-hybridized carbons (Fsp3) is 0.750. The second-order valence-electron chi connectivity index (χ2n) is 5.76. The van der Waals surface area contributed by atoms with E-state index in [1.165, 1.54) is 6.26 Å². The zero-order valence-electron chi connectivity index (χ0n) is 10.9. The van der Waals surface area contributed by atoms with Gasteiger partial charge in [0, 0.05) is 0 Å². The average Bonchev–Trinajstić information content (AvgIpc) is 2.60. The zero-order valence-corrected chi connectivity index (χ0v) is 10.9. The number of hydrogen-bond donors (Lipinski definition) is 1. The molecule has 0 aromatic carbocycles. The van der Waals surface area contributed by atoms with Crippen molar-refractivity contribution in [2.24, 2.45) is 0 Å². The molecule has 1 fully saturated rings. The maximum Gasteiger partial charge on any atom is 0.297 e. The lowest BCUT2D eigenvalue weighted by Gasteiger charge is -2.46. The van der Waals surface area contributed by atoms with Crippen LogP contribution in [0.3, 0.4) is 0 Å². The Morgan fingerprint density at radius 3 is 2.35 bits per heavy atom. The minimum Gasteiger partial charge on any atom is -0.432 e. The molecule has 5 nitrogen and oxygen atoms in total. The van der Waals surface area contributed by atoms with Crippen molar-refractivity contribution in [2.75, 3.05) is 18.0 Å². The van der Waals surface area contributed by atoms with Crippen LogP contribution >= 0.6 is 0 Å². The molecule has 0 radical (unpaired) electrons. The number of aliphatic hydroxyl groups is 1. The molecule has 0 amide bonds. The molecular weight excluding hydrogens is 220 g/mol. The monoisotopic (exact) mass is 240 g/mol. The van der Waals surface area contributed by atoms with Crippen LogP contribution in [0, 0.1) is 0 Å². The first-order valence-electron chi connectivity index (χ1n) is 5.82. The summed E-state index contributed by atoms with van der Waals surface area (Å²) in [5.41, 5.74) is 0.0765. The van der Waals surface area contributed by atoms with Gasteiger partial charge in [0.2, 0.25) is 0 Å². The van der Waals surface area contributed by atoms with Crippen LogP contribution in [0.25, 0.3) is 0 Å². The number of morpholine rings is 1. The van der Waals surface area contributed by atoms with E-state index < -0.39 is 0 Å². The van der Waals surface area contributed by atoms with Gasteiger partial charge in [-0.05, 0) is 27.7 Å². The Morgan fingerprint density at radius 2 is 1.88 bits per heavy atom. The molecule has 0 aliphatic carbocycles. The van der Waals surface area contributed by atoms with Crippen LogP contribution in [-0.2, 0) is 11.3 Å². The molecule has 0 atom stereocenters. The van der Waals surface area contributed by atoms with Gasteiger partial charge >= 0.3 is 0 Å². The van der Waals surface area contributed by atoms with Crippen LogP contribution < -0.4 is 4.90 Å². The maximum atomic E-state index is 8.99. The van der Waals surface area contributed by atoms with Crippen molar-refractivity contribution in [1.82, 2.24) is 4.98 Å². The predicted octanol–water partition coefficient (Wildman–Crippen LogP) is 1.56. The van der Waals surface area contributed by atoms with Gasteiger partial charge in [-0.25, -0.2) is 0 Å². The van der Waals surface area contributed by atoms with Crippen molar-refractivity contribution in [3.05, 3.63) is 12.0 Å². The van der Waals surface area contributed by atoms with E-state index in [-0.39, 0.29) is 17.8 Å². The van der Waals surface area contributed by atoms with Crippen LogP contribution in [-0.4, -0.2) is 34.4 Å². The lowest BCUT2D eigenvalue weighted by atomic mass is 9.99. The van der Waals surface area contributed by atoms with Gasteiger partial charge in [0.05, 0.1) is 30.9 Å². The molecule has 1 aliphatic rings. The maximum absolute atomic E-state index is 8.99. The van der Waals surface area contributed by atoms with Crippen molar-refractivity contribution >= 4 is 6.01 Å². The highest BCUT2D eigenvalue weighted by Crippen LogP contribution is 2.30. The molecule has 0 unspecified atom stereocenters. The fourth-order valence-corrected chi connectivity index (χ4v) is 2.44. The summed E-state index contributed by atoms with van der Waals surface area (Å²) in [6.07, 6.45) is 1.49. The summed E-state index contributed by atoms with van der Waals surface area (Å²) in [6, 6.07) is 0.554. The van der Waals surface area contributed by atoms with Crippen molar-refractivity contribution < 1.29 is 14.3 Å². The summed E-state index contributed by atoms with van der Waals surface area (Å²) >= 11 is 0. The van der Waals surface area contributed by atoms with Crippen molar-refractivity contribution in [3.63, 3.8) is 0 Å². The van der Waals surface area contributed by atoms with Crippen LogP contribution in [0.1, 0.15) is 33.4 Å². The minimum atomic E-state index is -0.240. The molecular formula is C12H20N2O3. The van der Waals surface area contributed by atoms with E-state index in [4.69, 9.17) is 14.3 Å². The average molecular weight is 240 g/mol. The van der Waals surface area contributed by atoms with Gasteiger partial charge in [0.15, 0.2) is 0 Å². The smallest absolute Gasteiger partial charge is 0.297 e. The standard InChI is InChI=1S/C12H20N2O3/c1-11(2)7-14(8-12(3,4)17-11)10-13-9(5-15)6-16-10/h6,15H,5,7-8H2,1-4H3. The van der Waals surface area contributed by atoms with E-state index in [0.717, 1.165) is 13.1 Å². The molecule has 1 aromatic rings. The third-order valence-electron chi connectivity index (χ3n) is 2.67. The molecule has 5 heteroatoms. The third-order valence-corrected chi connectivity index (χ3v) is 2.67. The zero-order chi connectivity index (χ0) is 12.7. The van der Waals surface area contributed by atoms with E-state index in [1.54, 1.807) is 0 Å². The normalized spacial score (nSPS) is 22.8. The molecule has 0 bridgehead atoms. The molecule has 1 aromatic heterocycles. The van der Waals surface area contributed by atoms with E-state index in [0.29, 0.717) is 11.7 Å². The summed E-state index contributed by atoms with van der Waals surface area (Å²) < 4.78 is 11.4. The number of rotatable bonds is 2. The van der Waals surface area contributed by atoms with E-state index in [2.05, 4.69) is 37.6 Å². The lowest BCUT2D eigenvalue weighted by Crippen LogP contribution is -2.57. The Balaban J connectivity index is 2.20. The summed E-state index contributed by atoms with van der Waals surface area (Å²) in [5, 5.41) is 8.99. The van der Waals surface area contributed by atoms with Gasteiger partial charge in [0.1, 0.15) is 12.0 Å². The number of aliphatic hydroxyl groups excluding tert-OH is 1. The van der Waals surface area contributed by atoms with Crippen LogP contribution in [0.4, 0.5) is 6.01 Å². The summed E-state index contributed by atoms with van der Waals surface area (Å²) in [7, 11) is 0. The second kappa shape index (κ2) is 3.99. The molecule has 2 heterocycles. The summed E-state index contributed by atoms with van der Waals surface area (Å²) in [5.74, 6) is 0. The Kier molecular flexibility index (Phi) is 2.91. The molecule has 2 rings (SSSR count). The number of ether oxygens (including phenoxy) is 1. The predicted molar refractivity (Wildman–Crippen MR) is 63.9 cm³/mol. The highest BCUT2D eigenvalue weighted by molar-refractivity contribution is 5.30. The van der Waals surface area contributed by atoms with Crippen molar-refractivity contribution in [3.8, 4) is 0 Å². The first-order chi connectivity index (χ1) is 7.81. The highest BCUT2D eigenvalue weighted by atomic mass is 16.5. The number of nitrogens with zero attached hydrogens (tertiary/aromatic N) is 2. The Labute approximate surface area is 101 Å². The van der Waals surface area contributed by atoms with Gasteiger partial charge in [-0.3, -0.25) is 0 Å². The summed E-state index contributed by atoms with van der Waals surface area (Å²) in [4.78, 5) is 6.30. The number of oxazole rings is 1. The Hall–Kier alpha value is -1.07. The lowest BCUT2D eigenvalue weighted by molar-refractivity contribution is -0.134. The quantitative estimate of drug-likeness (QED) is 0.850. The topological polar surface area (TPSA) is 58.7 Å². The largest absolute Gasteiger partial charge is 0.432 e. The van der Waals surface area contributed by atoms with Gasteiger partial charge in [-0.15, -0.1) is 0 Å². The summed E-state index contributed by atoms with van der Waals surface area (Å²) in [6.45, 7) is 9.56. The van der Waals surface area contributed by atoms with Crippen LogP contribution in [0.5, 0.6) is 0 Å². The molecule has 1 saturated heterocycles. The van der Waals surface area contributed by atoms with E-state index in [9.17, 15) is 0 Å². The van der Waals surface area contributed by atoms with Gasteiger partial charge in [-0.2, -0.15) is 4.98 Å². The van der Waals surface area contributed by atoms with Crippen LogP contribution in [0.2, 0.25) is 0 Å². The van der Waals surface area contributed by atoms with Gasteiger partial charge in [-0.1, -0.05) is 0 Å². The van der Waals surface area contributed by atoms with E-state index in [1.807, 2.05) is 0 Å². The van der Waals surface area contributed by atoms with Gasteiger partial charge in [0.25, 0.3) is 6.01 Å². The third kappa shape index (κ3) is 2.79. The van der Waals surface area contributed by atoms with Gasteiger partial charge < -0.3 is 19.2 Å². The molecule has 1 N–H and O–H groups in total. The number of hydrogen-bond acceptors (Lipinski definition) is 5. The molecule has 96 valence electrons. The Bertz CT molecular complexity index is 382. The molecule has 1 aliphatic heterocycles. The molecule has 17 heavy (non-hydrogen) atoms. The first kappa shape index (κ1) is 12.4. The SMILES string of the molecule is CC1(C)CN(c2nc(CO)co2)CC(C)(C)O1. The van der Waals surface area contributed by atoms with Crippen LogP contribution in [0.15, 0.2) is 10.7 Å². The highest BCUT2D eigenvalue weighted by Gasteiger charge is 2.39.